The molecule has 0 aliphatic rings. The molecule has 0 amide bonds. The van der Waals surface area contributed by atoms with Gasteiger partial charge in [-0.15, -0.1) is 0 Å². The van der Waals surface area contributed by atoms with Gasteiger partial charge >= 0.3 is 0 Å². The summed E-state index contributed by atoms with van der Waals surface area (Å²) in [6, 6.07) is 0. The minimum absolute atomic E-state index is 0.206. The van der Waals surface area contributed by atoms with Crippen molar-refractivity contribution >= 4 is 39.5 Å². The molecule has 0 heterocycles. The lowest BCUT2D eigenvalue weighted by Crippen LogP contribution is -2.12. The molecule has 0 atom stereocenters. The monoisotopic (exact) mass is 198 g/mol. The Morgan fingerprint density at radius 1 is 0.778 bits per heavy atom. The summed E-state index contributed by atoms with van der Waals surface area (Å²) in [6.45, 7) is 4.24. The summed E-state index contributed by atoms with van der Waals surface area (Å²) in [5.41, 5.74) is 0. The minimum atomic E-state index is -0.588. The molecule has 0 N–H and O–H groups in total. The van der Waals surface area contributed by atoms with E-state index in [1.807, 2.05) is 0 Å². The summed E-state index contributed by atoms with van der Waals surface area (Å²) in [6.07, 6.45) is 0. The summed E-state index contributed by atoms with van der Waals surface area (Å²) in [4.78, 5) is 0. The van der Waals surface area contributed by atoms with Crippen molar-refractivity contribution < 1.29 is 12.3 Å². The van der Waals surface area contributed by atoms with E-state index in [-0.39, 0.29) is 19.5 Å². The van der Waals surface area contributed by atoms with Crippen LogP contribution in [0, 0.1) is 0 Å². The molecule has 56 valence electrons. The van der Waals surface area contributed by atoms with Crippen LogP contribution < -0.4 is 0 Å². The maximum absolute atomic E-state index is 5.22. The van der Waals surface area contributed by atoms with E-state index in [1.165, 1.54) is 0 Å². The van der Waals surface area contributed by atoms with E-state index in [4.69, 9.17) is 12.3 Å². The van der Waals surface area contributed by atoms with Crippen LogP contribution in [0.25, 0.3) is 0 Å². The Hall–Kier alpha value is 0.748. The Bertz CT molecular complexity index is 47.1. The van der Waals surface area contributed by atoms with Gasteiger partial charge in [0.1, 0.15) is 19.5 Å². The Labute approximate surface area is 65.5 Å². The van der Waals surface area contributed by atoms with Crippen LogP contribution in [0.15, 0.2) is 0 Å². The first kappa shape index (κ1) is 9.75. The molecule has 0 fully saturated rings. The first-order valence-electron chi connectivity index (χ1n) is 3.15. The van der Waals surface area contributed by atoms with Crippen molar-refractivity contribution in [1.82, 2.24) is 0 Å². The van der Waals surface area contributed by atoms with Gasteiger partial charge in [-0.05, 0) is 0 Å². The summed E-state index contributed by atoms with van der Waals surface area (Å²) < 4.78 is 15.6. The first-order valence-corrected chi connectivity index (χ1v) is 9.44. The normalized spacial score (nSPS) is 15.3. The van der Waals surface area contributed by atoms with Gasteiger partial charge in [-0.2, -0.15) is 0 Å². The van der Waals surface area contributed by atoms with Crippen molar-refractivity contribution in [1.29, 1.82) is 0 Å². The van der Waals surface area contributed by atoms with Crippen molar-refractivity contribution in [3.05, 3.63) is 0 Å². The lowest BCUT2D eigenvalue weighted by molar-refractivity contribution is 0.436. The third-order valence-electron chi connectivity index (χ3n) is 0.742. The Balaban J connectivity index is 2.60. The molecule has 0 unspecified atom stereocenters. The average Bonchev–Trinajstić information content (AvgIpc) is 1.89. The van der Waals surface area contributed by atoms with E-state index in [0.29, 0.717) is 0 Å². The fourth-order valence-corrected chi connectivity index (χ4v) is 4.99. The molecule has 0 aromatic heterocycles. The van der Waals surface area contributed by atoms with E-state index >= 15 is 0 Å². The van der Waals surface area contributed by atoms with Crippen LogP contribution in [-0.2, 0) is 12.3 Å². The van der Waals surface area contributed by atoms with Crippen LogP contribution in [0.2, 0.25) is 13.1 Å². The second-order valence-corrected chi connectivity index (χ2v) is 7.95. The Morgan fingerprint density at radius 3 is 1.56 bits per heavy atom. The van der Waals surface area contributed by atoms with Crippen molar-refractivity contribution in [3.8, 4) is 0 Å². The third kappa shape index (κ3) is 8.75. The average molecular weight is 198 g/mol. The molecule has 0 aliphatic heterocycles. The zero-order valence-electron chi connectivity index (χ0n) is 6.05. The molecule has 0 aromatic rings. The highest BCUT2D eigenvalue weighted by Crippen LogP contribution is 1.70. The minimum Gasteiger partial charge on any atom is -0.447 e. The smallest absolute Gasteiger partial charge is 0.284 e. The summed E-state index contributed by atoms with van der Waals surface area (Å²) >= 11 is 0. The Kier molecular flexibility index (Phi) is 9.47. The quantitative estimate of drug-likeness (QED) is 0.343. The lowest BCUT2D eigenvalue weighted by atomic mass is 11.9. The van der Waals surface area contributed by atoms with E-state index in [0.717, 1.165) is 0 Å². The molecular formula is C2H14O3Si4. The highest BCUT2D eigenvalue weighted by Gasteiger charge is 1.86. The van der Waals surface area contributed by atoms with Crippen molar-refractivity contribution in [2.45, 2.75) is 13.1 Å². The van der Waals surface area contributed by atoms with Crippen molar-refractivity contribution in [3.63, 3.8) is 0 Å². The molecule has 0 saturated carbocycles. The van der Waals surface area contributed by atoms with Crippen LogP contribution in [0.3, 0.4) is 0 Å². The maximum Gasteiger partial charge on any atom is 0.284 e. The van der Waals surface area contributed by atoms with Gasteiger partial charge in [0.25, 0.3) is 20.0 Å². The zero-order valence-corrected chi connectivity index (χ0v) is 11.7. The van der Waals surface area contributed by atoms with Crippen LogP contribution in [-0.4, -0.2) is 39.5 Å². The molecule has 0 radical (unpaired) electrons. The number of rotatable bonds is 6. The van der Waals surface area contributed by atoms with Gasteiger partial charge in [0.2, 0.25) is 0 Å². The van der Waals surface area contributed by atoms with E-state index in [2.05, 4.69) is 13.1 Å². The molecule has 3 nitrogen and oxygen atoms in total. The van der Waals surface area contributed by atoms with Gasteiger partial charge in [0.05, 0.1) is 0 Å². The zero-order chi connectivity index (χ0) is 6.95. The van der Waals surface area contributed by atoms with E-state index in [1.54, 1.807) is 0 Å². The van der Waals surface area contributed by atoms with Crippen LogP contribution in [0.4, 0.5) is 0 Å². The molecular weight excluding hydrogens is 184 g/mol. The largest absolute Gasteiger partial charge is 0.447 e. The van der Waals surface area contributed by atoms with Gasteiger partial charge in [-0.3, -0.25) is 0 Å². The molecule has 7 heteroatoms. The first-order chi connectivity index (χ1) is 4.41. The van der Waals surface area contributed by atoms with Crippen LogP contribution in [0.5, 0.6) is 0 Å². The fourth-order valence-electron chi connectivity index (χ4n) is 0.319. The predicted molar refractivity (Wildman–Crippen MR) is 49.2 cm³/mol. The molecule has 0 spiro atoms. The molecule has 0 saturated heterocycles. The fraction of sp³-hybridized carbons (Fsp3) is 1.00. The molecule has 0 rings (SSSR count). The second kappa shape index (κ2) is 8.75. The highest BCUT2D eigenvalue weighted by atomic mass is 28.4. The third-order valence-corrected chi connectivity index (χ3v) is 6.67. The van der Waals surface area contributed by atoms with E-state index in [9.17, 15) is 0 Å². The van der Waals surface area contributed by atoms with Gasteiger partial charge in [0.15, 0.2) is 0 Å². The summed E-state index contributed by atoms with van der Waals surface area (Å²) in [5.74, 6) is 0. The van der Waals surface area contributed by atoms with Crippen LogP contribution in [0.1, 0.15) is 0 Å². The lowest BCUT2D eigenvalue weighted by Gasteiger charge is -2.01. The summed E-state index contributed by atoms with van der Waals surface area (Å²) in [7, 11) is -1.59. The highest BCUT2D eigenvalue weighted by molar-refractivity contribution is 6.46. The van der Waals surface area contributed by atoms with Crippen molar-refractivity contribution in [2.75, 3.05) is 0 Å². The number of hydrogen-bond donors (Lipinski definition) is 0. The number of hydrogen-bond acceptors (Lipinski definition) is 3. The van der Waals surface area contributed by atoms with Gasteiger partial charge in [-0.1, -0.05) is 13.1 Å². The summed E-state index contributed by atoms with van der Waals surface area (Å²) in [5, 5.41) is 0. The predicted octanol–water partition coefficient (Wildman–Crippen LogP) is -2.70. The molecule has 0 bridgehead atoms. The molecule has 0 aromatic carbocycles. The topological polar surface area (TPSA) is 27.7 Å². The van der Waals surface area contributed by atoms with Gasteiger partial charge in [0, 0.05) is 0 Å². The standard InChI is InChI=1S/C2H14O3Si4/c1-6-3-8-5-9-4-7-2/h6-9H2,1-2H3. The van der Waals surface area contributed by atoms with E-state index < -0.39 is 20.0 Å². The van der Waals surface area contributed by atoms with Crippen LogP contribution >= 0.6 is 0 Å². The van der Waals surface area contributed by atoms with Gasteiger partial charge < -0.3 is 12.3 Å². The Morgan fingerprint density at radius 2 is 1.22 bits per heavy atom. The SMILES string of the molecule is C[SiH2]O[SiH2]O[SiH2]O[SiH2]C. The molecule has 9 heavy (non-hydrogen) atoms. The molecule has 0 aliphatic carbocycles. The van der Waals surface area contributed by atoms with Crippen molar-refractivity contribution in [2.24, 2.45) is 0 Å². The second-order valence-electron chi connectivity index (χ2n) is 1.43. The maximum atomic E-state index is 5.22. The van der Waals surface area contributed by atoms with Gasteiger partial charge in [-0.25, -0.2) is 0 Å².